The molecule has 0 saturated heterocycles. The molecule has 1 aromatic rings. The van der Waals surface area contributed by atoms with E-state index >= 15 is 0 Å². The molecule has 1 aromatic carbocycles. The Bertz CT molecular complexity index is 417. The fourth-order valence-electron chi connectivity index (χ4n) is 4.09. The summed E-state index contributed by atoms with van der Waals surface area (Å²) in [6, 6.07) is 4.33. The van der Waals surface area contributed by atoms with Crippen LogP contribution >= 0.6 is 15.9 Å². The zero-order chi connectivity index (χ0) is 13.9. The van der Waals surface area contributed by atoms with Crippen LogP contribution in [0.3, 0.4) is 0 Å². The van der Waals surface area contributed by atoms with E-state index < -0.39 is 0 Å². The van der Waals surface area contributed by atoms with Gasteiger partial charge in [-0.05, 0) is 60.8 Å². The number of hydrogen-bond donors (Lipinski definition) is 1. The van der Waals surface area contributed by atoms with Gasteiger partial charge >= 0.3 is 0 Å². The molecule has 0 aliphatic heterocycles. The molecule has 1 nitrogen and oxygen atoms in total. The van der Waals surface area contributed by atoms with Gasteiger partial charge in [-0.15, -0.1) is 0 Å². The van der Waals surface area contributed by atoms with Crippen LogP contribution in [0.5, 0.6) is 5.75 Å². The second-order valence-electron chi connectivity index (χ2n) is 6.60. The van der Waals surface area contributed by atoms with E-state index in [2.05, 4.69) is 28.1 Å². The molecule has 2 saturated carbocycles. The fraction of sp³-hybridized carbons (Fsp3) is 0.667. The van der Waals surface area contributed by atoms with Crippen molar-refractivity contribution in [1.29, 1.82) is 0 Å². The molecule has 0 bridgehead atoms. The lowest BCUT2D eigenvalue weighted by molar-refractivity contribution is 0.393. The van der Waals surface area contributed by atoms with Crippen LogP contribution in [0.25, 0.3) is 0 Å². The first kappa shape index (κ1) is 14.4. The monoisotopic (exact) mass is 336 g/mol. The Morgan fingerprint density at radius 3 is 1.55 bits per heavy atom. The number of phenolic OH excluding ortho intramolecular Hbond substituents is 1. The molecule has 0 unspecified atom stereocenters. The van der Waals surface area contributed by atoms with E-state index in [1.54, 1.807) is 0 Å². The normalized spacial score (nSPS) is 22.1. The minimum Gasteiger partial charge on any atom is -0.507 e. The summed E-state index contributed by atoms with van der Waals surface area (Å²) in [6.45, 7) is 0. The van der Waals surface area contributed by atoms with Crippen LogP contribution in [0, 0.1) is 0 Å². The van der Waals surface area contributed by atoms with Crippen molar-refractivity contribution in [3.63, 3.8) is 0 Å². The minimum atomic E-state index is 0.573. The van der Waals surface area contributed by atoms with Crippen LogP contribution < -0.4 is 0 Å². The molecular weight excluding hydrogens is 312 g/mol. The van der Waals surface area contributed by atoms with Crippen molar-refractivity contribution < 1.29 is 5.11 Å². The Morgan fingerprint density at radius 1 is 0.750 bits per heavy atom. The highest BCUT2D eigenvalue weighted by Gasteiger charge is 2.25. The fourth-order valence-corrected chi connectivity index (χ4v) is 4.58. The lowest BCUT2D eigenvalue weighted by atomic mass is 9.79. The molecule has 0 amide bonds. The summed E-state index contributed by atoms with van der Waals surface area (Å²) in [6.07, 6.45) is 13.0. The molecular formula is C18H25BrO. The van der Waals surface area contributed by atoms with Crippen LogP contribution in [0.4, 0.5) is 0 Å². The van der Waals surface area contributed by atoms with E-state index in [1.165, 1.54) is 75.3 Å². The summed E-state index contributed by atoms with van der Waals surface area (Å²) in [5.74, 6) is 1.76. The van der Waals surface area contributed by atoms with E-state index in [0.717, 1.165) is 4.47 Å². The first-order valence-electron chi connectivity index (χ1n) is 8.28. The number of rotatable bonds is 2. The topological polar surface area (TPSA) is 20.2 Å². The van der Waals surface area contributed by atoms with Gasteiger partial charge < -0.3 is 5.11 Å². The van der Waals surface area contributed by atoms with Crippen LogP contribution in [0.1, 0.15) is 87.2 Å². The largest absolute Gasteiger partial charge is 0.507 e. The average Bonchev–Trinajstić information content (AvgIpc) is 2.51. The molecule has 2 aliphatic rings. The first-order chi connectivity index (χ1) is 9.75. The van der Waals surface area contributed by atoms with Crippen molar-refractivity contribution in [3.05, 3.63) is 27.7 Å². The van der Waals surface area contributed by atoms with Gasteiger partial charge in [-0.3, -0.25) is 0 Å². The maximum absolute atomic E-state index is 10.8. The van der Waals surface area contributed by atoms with Crippen LogP contribution in [-0.4, -0.2) is 5.11 Å². The maximum atomic E-state index is 10.8. The molecule has 0 atom stereocenters. The quantitative estimate of drug-likeness (QED) is 0.676. The average molecular weight is 337 g/mol. The van der Waals surface area contributed by atoms with Gasteiger partial charge in [0.15, 0.2) is 0 Å². The van der Waals surface area contributed by atoms with Crippen molar-refractivity contribution in [2.24, 2.45) is 0 Å². The lowest BCUT2D eigenvalue weighted by Gasteiger charge is -2.27. The molecule has 110 valence electrons. The zero-order valence-electron chi connectivity index (χ0n) is 12.2. The van der Waals surface area contributed by atoms with Crippen molar-refractivity contribution in [3.8, 4) is 5.75 Å². The van der Waals surface area contributed by atoms with E-state index in [4.69, 9.17) is 0 Å². The standard InChI is InChI=1S/C18H25BrO/c19-15-11-16(13-7-3-1-4-8-13)18(20)17(12-15)14-9-5-2-6-10-14/h11-14,20H,1-10H2. The van der Waals surface area contributed by atoms with Crippen LogP contribution in [0.15, 0.2) is 16.6 Å². The zero-order valence-corrected chi connectivity index (χ0v) is 13.8. The van der Waals surface area contributed by atoms with Gasteiger partial charge in [0.2, 0.25) is 0 Å². The van der Waals surface area contributed by atoms with Crippen molar-refractivity contribution in [2.75, 3.05) is 0 Å². The van der Waals surface area contributed by atoms with Gasteiger partial charge in [-0.1, -0.05) is 54.5 Å². The third-order valence-electron chi connectivity index (χ3n) is 5.22. The molecule has 20 heavy (non-hydrogen) atoms. The summed E-state index contributed by atoms with van der Waals surface area (Å²) in [5.41, 5.74) is 2.42. The third-order valence-corrected chi connectivity index (χ3v) is 5.68. The number of hydrogen-bond acceptors (Lipinski definition) is 1. The lowest BCUT2D eigenvalue weighted by Crippen LogP contribution is -2.09. The second kappa shape index (κ2) is 6.51. The maximum Gasteiger partial charge on any atom is 0.122 e. The Labute approximate surface area is 130 Å². The summed E-state index contributed by atoms with van der Waals surface area (Å²) in [7, 11) is 0. The molecule has 2 heteroatoms. The van der Waals surface area contributed by atoms with Gasteiger partial charge in [-0.25, -0.2) is 0 Å². The molecule has 0 radical (unpaired) electrons. The highest BCUT2D eigenvalue weighted by atomic mass is 79.9. The van der Waals surface area contributed by atoms with Crippen molar-refractivity contribution in [1.82, 2.24) is 0 Å². The summed E-state index contributed by atoms with van der Waals surface area (Å²) in [4.78, 5) is 0. The van der Waals surface area contributed by atoms with Gasteiger partial charge in [0.25, 0.3) is 0 Å². The summed E-state index contributed by atoms with van der Waals surface area (Å²) in [5, 5.41) is 10.8. The summed E-state index contributed by atoms with van der Waals surface area (Å²) >= 11 is 3.67. The molecule has 0 aromatic heterocycles. The molecule has 0 heterocycles. The Morgan fingerprint density at radius 2 is 1.15 bits per heavy atom. The predicted octanol–water partition coefficient (Wildman–Crippen LogP) is 6.25. The predicted molar refractivity (Wildman–Crippen MR) is 87.5 cm³/mol. The van der Waals surface area contributed by atoms with Crippen LogP contribution in [0.2, 0.25) is 0 Å². The molecule has 1 N–H and O–H groups in total. The van der Waals surface area contributed by atoms with Gasteiger partial charge in [-0.2, -0.15) is 0 Å². The smallest absolute Gasteiger partial charge is 0.122 e. The third kappa shape index (κ3) is 3.05. The van der Waals surface area contributed by atoms with E-state index in [1.807, 2.05) is 0 Å². The highest BCUT2D eigenvalue weighted by Crippen LogP contribution is 2.45. The number of aromatic hydroxyl groups is 1. The second-order valence-corrected chi connectivity index (χ2v) is 7.52. The highest BCUT2D eigenvalue weighted by molar-refractivity contribution is 9.10. The SMILES string of the molecule is Oc1c(C2CCCCC2)cc(Br)cc1C1CCCCC1. The van der Waals surface area contributed by atoms with Crippen LogP contribution in [-0.2, 0) is 0 Å². The van der Waals surface area contributed by atoms with Crippen molar-refractivity contribution in [2.45, 2.75) is 76.0 Å². The van der Waals surface area contributed by atoms with Gasteiger partial charge in [0, 0.05) is 4.47 Å². The van der Waals surface area contributed by atoms with Gasteiger partial charge in [0.05, 0.1) is 0 Å². The Kier molecular flexibility index (Phi) is 4.70. The van der Waals surface area contributed by atoms with E-state index in [9.17, 15) is 5.11 Å². The molecule has 0 spiro atoms. The molecule has 2 aliphatic carbocycles. The van der Waals surface area contributed by atoms with Gasteiger partial charge in [0.1, 0.15) is 5.75 Å². The van der Waals surface area contributed by atoms with E-state index in [0.29, 0.717) is 17.6 Å². The number of phenols is 1. The minimum absolute atomic E-state index is 0.573. The number of halogens is 1. The Balaban J connectivity index is 1.91. The van der Waals surface area contributed by atoms with E-state index in [-0.39, 0.29) is 0 Å². The molecule has 2 fully saturated rings. The van der Waals surface area contributed by atoms with Crippen molar-refractivity contribution >= 4 is 15.9 Å². The first-order valence-corrected chi connectivity index (χ1v) is 9.07. The Hall–Kier alpha value is -0.500. The number of benzene rings is 1. The summed E-state index contributed by atoms with van der Waals surface area (Å²) < 4.78 is 1.15. The molecule has 3 rings (SSSR count).